The smallest absolute Gasteiger partial charge is 0.310 e. The van der Waals surface area contributed by atoms with Crippen LogP contribution in [0, 0.1) is 24.0 Å². The van der Waals surface area contributed by atoms with Gasteiger partial charge in [-0.3, -0.25) is 10.1 Å². The Morgan fingerprint density at radius 3 is 1.74 bits per heavy atom. The number of aliphatic hydroxyl groups excluding tert-OH is 1. The van der Waals surface area contributed by atoms with Crippen LogP contribution in [0.25, 0.3) is 21.5 Å². The highest BCUT2D eigenvalue weighted by molar-refractivity contribution is 5.87. The lowest BCUT2D eigenvalue weighted by atomic mass is 9.96. The molecule has 5 heteroatoms. The Morgan fingerprint density at radius 2 is 1.21 bits per heavy atom. The van der Waals surface area contributed by atoms with Gasteiger partial charge in [0.1, 0.15) is 6.10 Å². The Kier molecular flexibility index (Phi) is 8.95. The highest BCUT2D eigenvalue weighted by Gasteiger charge is 2.17. The van der Waals surface area contributed by atoms with Crippen LogP contribution in [0.2, 0.25) is 0 Å². The van der Waals surface area contributed by atoms with Gasteiger partial charge in [0.15, 0.2) is 5.75 Å². The fourth-order valence-corrected chi connectivity index (χ4v) is 4.98. The van der Waals surface area contributed by atoms with Crippen molar-refractivity contribution in [2.24, 2.45) is 0 Å². The molecule has 2 unspecified atom stereocenters. The number of nitro groups is 1. The van der Waals surface area contributed by atoms with Gasteiger partial charge in [0.2, 0.25) is 0 Å². The molecular weight excluding hydrogens is 486 g/mol. The zero-order valence-corrected chi connectivity index (χ0v) is 22.9. The molecule has 0 fully saturated rings. The van der Waals surface area contributed by atoms with E-state index in [0.29, 0.717) is 12.2 Å². The molecule has 0 bridgehead atoms. The number of hydrogen-bond donors (Lipinski definition) is 1. The first-order valence-electron chi connectivity index (χ1n) is 13.3. The van der Waals surface area contributed by atoms with Crippen LogP contribution in [-0.2, 0) is 12.8 Å². The van der Waals surface area contributed by atoms with Crippen LogP contribution in [-0.4, -0.2) is 22.2 Å². The van der Waals surface area contributed by atoms with Crippen LogP contribution in [0.1, 0.15) is 36.1 Å². The van der Waals surface area contributed by atoms with Crippen LogP contribution in [0.15, 0.2) is 97.1 Å². The Balaban J connectivity index is 0.000000202. The molecule has 0 heterocycles. The average molecular weight is 522 g/mol. The van der Waals surface area contributed by atoms with Gasteiger partial charge in [0.05, 0.1) is 11.0 Å². The minimum atomic E-state index is -0.411. The topological polar surface area (TPSA) is 72.6 Å². The van der Waals surface area contributed by atoms with Crippen molar-refractivity contribution < 1.29 is 14.8 Å². The van der Waals surface area contributed by atoms with Crippen molar-refractivity contribution in [1.82, 2.24) is 0 Å². The number of benzene rings is 5. The number of para-hydroxylation sites is 2. The lowest BCUT2D eigenvalue weighted by Gasteiger charge is -2.17. The summed E-state index contributed by atoms with van der Waals surface area (Å²) < 4.78 is 5.87. The number of fused-ring (bicyclic) bond motifs is 2. The summed E-state index contributed by atoms with van der Waals surface area (Å²) in [5.74, 6) is 0.313. The molecule has 0 aromatic heterocycles. The molecular formula is C34H35NO4. The molecule has 0 aliphatic carbocycles. The summed E-state index contributed by atoms with van der Waals surface area (Å²) in [5.41, 5.74) is 4.95. The standard InChI is InChI=1S/C20H19NO3.C14H16O/c1-14-11-12-16-7-3-4-8-17(16)18(14)13-15(2)24-20-10-6-5-9-19(20)21(22)23;1-10-7-8-12-5-3-4-6-13(12)14(10)9-11(2)15/h3-12,15H,13H2,1-2H3;3-8,11,15H,9H2,1-2H3. The van der Waals surface area contributed by atoms with E-state index in [1.165, 1.54) is 49.9 Å². The molecule has 5 rings (SSSR count). The van der Waals surface area contributed by atoms with Gasteiger partial charge in [0, 0.05) is 12.5 Å². The third-order valence-corrected chi connectivity index (χ3v) is 6.93. The van der Waals surface area contributed by atoms with E-state index in [4.69, 9.17) is 4.74 Å². The first kappa shape index (κ1) is 27.8. The highest BCUT2D eigenvalue weighted by Crippen LogP contribution is 2.29. The number of nitro benzene ring substituents is 1. The molecule has 39 heavy (non-hydrogen) atoms. The van der Waals surface area contributed by atoms with Crippen molar-refractivity contribution in [1.29, 1.82) is 0 Å². The first-order chi connectivity index (χ1) is 18.7. The van der Waals surface area contributed by atoms with Crippen LogP contribution in [0.4, 0.5) is 5.69 Å². The number of ether oxygens (including phenoxy) is 1. The van der Waals surface area contributed by atoms with Crippen molar-refractivity contribution in [3.05, 3.63) is 129 Å². The fraction of sp³-hybridized carbons (Fsp3) is 0.235. The summed E-state index contributed by atoms with van der Waals surface area (Å²) in [5, 5.41) is 25.5. The molecule has 0 amide bonds. The maximum atomic E-state index is 11.1. The monoisotopic (exact) mass is 521 g/mol. The quantitative estimate of drug-likeness (QED) is 0.173. The van der Waals surface area contributed by atoms with E-state index < -0.39 is 4.92 Å². The SMILES string of the molecule is Cc1ccc2ccccc2c1CC(C)O.Cc1ccc2ccccc2c1CC(C)Oc1ccccc1[N+](=O)[O-]. The normalized spacial score (nSPS) is 12.4. The molecule has 200 valence electrons. The maximum absolute atomic E-state index is 11.1. The molecule has 0 saturated heterocycles. The van der Waals surface area contributed by atoms with Gasteiger partial charge in [0.25, 0.3) is 0 Å². The summed E-state index contributed by atoms with van der Waals surface area (Å²) in [4.78, 5) is 10.7. The van der Waals surface area contributed by atoms with Crippen LogP contribution >= 0.6 is 0 Å². The lowest BCUT2D eigenvalue weighted by Crippen LogP contribution is -2.16. The Hall–Kier alpha value is -4.22. The van der Waals surface area contributed by atoms with Gasteiger partial charge in [-0.15, -0.1) is 0 Å². The zero-order valence-electron chi connectivity index (χ0n) is 22.9. The van der Waals surface area contributed by atoms with E-state index in [9.17, 15) is 15.2 Å². The van der Waals surface area contributed by atoms with Gasteiger partial charge in [-0.1, -0.05) is 84.9 Å². The molecule has 1 N–H and O–H groups in total. The second-order valence-electron chi connectivity index (χ2n) is 10.1. The molecule has 0 aliphatic rings. The van der Waals surface area contributed by atoms with Crippen molar-refractivity contribution in [3.63, 3.8) is 0 Å². The van der Waals surface area contributed by atoms with E-state index in [0.717, 1.165) is 6.42 Å². The lowest BCUT2D eigenvalue weighted by molar-refractivity contribution is -0.386. The number of nitrogens with zero attached hydrogens (tertiary/aromatic N) is 1. The Labute approximate surface area is 229 Å². The van der Waals surface area contributed by atoms with Crippen LogP contribution in [0.3, 0.4) is 0 Å². The van der Waals surface area contributed by atoms with E-state index >= 15 is 0 Å². The average Bonchev–Trinajstić information content (AvgIpc) is 2.92. The van der Waals surface area contributed by atoms with Gasteiger partial charge in [-0.05, 0) is 84.0 Å². The van der Waals surface area contributed by atoms with Gasteiger partial charge in [-0.2, -0.15) is 0 Å². The molecule has 5 aromatic carbocycles. The third-order valence-electron chi connectivity index (χ3n) is 6.93. The molecule has 2 atom stereocenters. The summed E-state index contributed by atoms with van der Waals surface area (Å²) in [6.45, 7) is 7.96. The second kappa shape index (κ2) is 12.5. The summed E-state index contributed by atoms with van der Waals surface area (Å²) >= 11 is 0. The molecule has 0 aliphatic heterocycles. The second-order valence-corrected chi connectivity index (χ2v) is 10.1. The molecule has 0 radical (unpaired) electrons. The van der Waals surface area contributed by atoms with Gasteiger partial charge < -0.3 is 9.84 Å². The van der Waals surface area contributed by atoms with Crippen molar-refractivity contribution in [3.8, 4) is 5.75 Å². The molecule has 5 aromatic rings. The Bertz CT molecular complexity index is 1590. The predicted molar refractivity (Wildman–Crippen MR) is 160 cm³/mol. The first-order valence-corrected chi connectivity index (χ1v) is 13.3. The zero-order chi connectivity index (χ0) is 27.9. The van der Waals surface area contributed by atoms with Gasteiger partial charge in [-0.25, -0.2) is 0 Å². The summed E-state index contributed by atoms with van der Waals surface area (Å²) in [7, 11) is 0. The largest absolute Gasteiger partial charge is 0.483 e. The third kappa shape index (κ3) is 6.81. The van der Waals surface area contributed by atoms with Crippen molar-refractivity contribution in [2.75, 3.05) is 0 Å². The number of hydrogen-bond acceptors (Lipinski definition) is 4. The highest BCUT2D eigenvalue weighted by atomic mass is 16.6. The fourth-order valence-electron chi connectivity index (χ4n) is 4.98. The minimum absolute atomic E-state index is 0.000934. The summed E-state index contributed by atoms with van der Waals surface area (Å²) in [6, 6.07) is 31.6. The van der Waals surface area contributed by atoms with Crippen LogP contribution < -0.4 is 4.74 Å². The molecule has 0 spiro atoms. The molecule has 5 nitrogen and oxygen atoms in total. The minimum Gasteiger partial charge on any atom is -0.483 e. The van der Waals surface area contributed by atoms with E-state index in [2.05, 4.69) is 62.4 Å². The Morgan fingerprint density at radius 1 is 0.718 bits per heavy atom. The number of aliphatic hydroxyl groups is 1. The van der Waals surface area contributed by atoms with Gasteiger partial charge >= 0.3 is 5.69 Å². The van der Waals surface area contributed by atoms with E-state index in [-0.39, 0.29) is 17.9 Å². The number of rotatable bonds is 7. The number of aryl methyl sites for hydroxylation is 2. The van der Waals surface area contributed by atoms with Crippen molar-refractivity contribution in [2.45, 2.75) is 52.7 Å². The van der Waals surface area contributed by atoms with E-state index in [1.807, 2.05) is 38.1 Å². The maximum Gasteiger partial charge on any atom is 0.310 e. The van der Waals surface area contributed by atoms with E-state index in [1.54, 1.807) is 18.2 Å². The predicted octanol–water partition coefficient (Wildman–Crippen LogP) is 8.14. The molecule has 0 saturated carbocycles. The van der Waals surface area contributed by atoms with Crippen molar-refractivity contribution >= 4 is 27.2 Å². The summed E-state index contributed by atoms with van der Waals surface area (Å²) in [6.07, 6.45) is 0.969. The van der Waals surface area contributed by atoms with Crippen LogP contribution in [0.5, 0.6) is 5.75 Å².